The lowest BCUT2D eigenvalue weighted by Crippen LogP contribution is -2.39. The lowest BCUT2D eigenvalue weighted by atomic mass is 10.00. The number of rotatable bonds is 4. The molecule has 0 spiro atoms. The molecule has 0 amide bonds. The van der Waals surface area contributed by atoms with Crippen molar-refractivity contribution in [1.82, 2.24) is 14.4 Å². The zero-order valence-corrected chi connectivity index (χ0v) is 14.2. The van der Waals surface area contributed by atoms with Gasteiger partial charge in [-0.2, -0.15) is 9.29 Å². The first-order valence-corrected chi connectivity index (χ1v) is 9.31. The highest BCUT2D eigenvalue weighted by Gasteiger charge is 2.33. The molecular weight excluding hydrogens is 314 g/mol. The van der Waals surface area contributed by atoms with Crippen LogP contribution in [0.2, 0.25) is 0 Å². The fourth-order valence-corrected chi connectivity index (χ4v) is 4.30. The number of hydrogen-bond donors (Lipinski definition) is 0. The molecule has 2 heterocycles. The lowest BCUT2D eigenvalue weighted by molar-refractivity contribution is 0.265. The Morgan fingerprint density at radius 3 is 2.65 bits per heavy atom. The Bertz CT molecular complexity index is 756. The van der Waals surface area contributed by atoms with Crippen molar-refractivity contribution >= 4 is 10.0 Å². The van der Waals surface area contributed by atoms with Crippen LogP contribution in [-0.4, -0.2) is 36.0 Å². The summed E-state index contributed by atoms with van der Waals surface area (Å²) in [4.78, 5) is 4.75. The van der Waals surface area contributed by atoms with Crippen molar-refractivity contribution in [2.45, 2.75) is 43.4 Å². The maximum Gasteiger partial charge on any atom is 0.243 e. The number of hydrogen-bond acceptors (Lipinski definition) is 5. The van der Waals surface area contributed by atoms with Crippen LogP contribution < -0.4 is 0 Å². The van der Waals surface area contributed by atoms with Crippen LogP contribution >= 0.6 is 0 Å². The summed E-state index contributed by atoms with van der Waals surface area (Å²) in [6.45, 7) is 4.92. The summed E-state index contributed by atoms with van der Waals surface area (Å²) < 4.78 is 32.3. The largest absolute Gasteiger partial charge is 0.339 e. The lowest BCUT2D eigenvalue weighted by Gasteiger charge is -2.30. The van der Waals surface area contributed by atoms with Crippen LogP contribution in [0.4, 0.5) is 0 Å². The average molecular weight is 335 g/mol. The Morgan fingerprint density at radius 1 is 1.26 bits per heavy atom. The van der Waals surface area contributed by atoms with Gasteiger partial charge in [-0.25, -0.2) is 8.42 Å². The summed E-state index contributed by atoms with van der Waals surface area (Å²) in [5.41, 5.74) is 0. The van der Waals surface area contributed by atoms with Crippen molar-refractivity contribution in [2.75, 3.05) is 13.1 Å². The van der Waals surface area contributed by atoms with Gasteiger partial charge < -0.3 is 4.52 Å². The number of nitrogens with zero attached hydrogens (tertiary/aromatic N) is 3. The molecule has 3 rings (SSSR count). The van der Waals surface area contributed by atoms with Gasteiger partial charge in [0.1, 0.15) is 0 Å². The summed E-state index contributed by atoms with van der Waals surface area (Å²) in [6.07, 6.45) is 1.65. The molecule has 23 heavy (non-hydrogen) atoms. The molecule has 0 bridgehead atoms. The standard InChI is InChI=1S/C16H21N3O3S/c1-12(2)15-17-16(22-18-15)13-7-6-10-19(11-13)23(20,21)14-8-4-3-5-9-14/h3-5,8-9,12-13H,6-7,10-11H2,1-2H3. The molecule has 124 valence electrons. The number of benzene rings is 1. The van der Waals surface area contributed by atoms with E-state index in [-0.39, 0.29) is 11.8 Å². The Morgan fingerprint density at radius 2 is 2.00 bits per heavy atom. The zero-order chi connectivity index (χ0) is 16.4. The van der Waals surface area contributed by atoms with Crippen molar-refractivity contribution in [3.63, 3.8) is 0 Å². The van der Waals surface area contributed by atoms with E-state index >= 15 is 0 Å². The summed E-state index contributed by atoms with van der Waals surface area (Å²) in [5, 5.41) is 3.98. The third-order valence-electron chi connectivity index (χ3n) is 4.09. The molecular formula is C16H21N3O3S. The molecule has 7 heteroatoms. The first-order chi connectivity index (χ1) is 11.0. The smallest absolute Gasteiger partial charge is 0.243 e. The average Bonchev–Trinajstić information content (AvgIpc) is 3.06. The van der Waals surface area contributed by atoms with Gasteiger partial charge in [-0.1, -0.05) is 37.2 Å². The van der Waals surface area contributed by atoms with Gasteiger partial charge in [0, 0.05) is 19.0 Å². The molecule has 1 aromatic carbocycles. The summed E-state index contributed by atoms with van der Waals surface area (Å²) in [6, 6.07) is 8.54. The van der Waals surface area contributed by atoms with E-state index in [4.69, 9.17) is 4.52 Å². The highest BCUT2D eigenvalue weighted by atomic mass is 32.2. The van der Waals surface area contributed by atoms with Crippen LogP contribution in [0.1, 0.15) is 50.2 Å². The van der Waals surface area contributed by atoms with Crippen molar-refractivity contribution < 1.29 is 12.9 Å². The van der Waals surface area contributed by atoms with Gasteiger partial charge in [-0.3, -0.25) is 0 Å². The van der Waals surface area contributed by atoms with Crippen LogP contribution in [0.5, 0.6) is 0 Å². The van der Waals surface area contributed by atoms with Gasteiger partial charge in [0.15, 0.2) is 5.82 Å². The van der Waals surface area contributed by atoms with Crippen LogP contribution in [-0.2, 0) is 10.0 Å². The zero-order valence-electron chi connectivity index (χ0n) is 13.3. The van der Waals surface area contributed by atoms with E-state index in [1.807, 2.05) is 19.9 Å². The van der Waals surface area contributed by atoms with Crippen molar-refractivity contribution in [2.24, 2.45) is 0 Å². The molecule has 1 saturated heterocycles. The van der Waals surface area contributed by atoms with Crippen LogP contribution in [0.3, 0.4) is 0 Å². The van der Waals surface area contributed by atoms with Crippen molar-refractivity contribution in [1.29, 1.82) is 0 Å². The third kappa shape index (κ3) is 3.30. The number of piperidine rings is 1. The Kier molecular flexibility index (Phi) is 4.50. The van der Waals surface area contributed by atoms with Crippen molar-refractivity contribution in [3.05, 3.63) is 42.0 Å². The SMILES string of the molecule is CC(C)c1noc(C2CCCN(S(=O)(=O)c3ccccc3)C2)n1. The maximum absolute atomic E-state index is 12.7. The Labute approximate surface area is 136 Å². The summed E-state index contributed by atoms with van der Waals surface area (Å²) in [5.74, 6) is 1.37. The van der Waals surface area contributed by atoms with Gasteiger partial charge in [-0.05, 0) is 25.0 Å². The van der Waals surface area contributed by atoms with E-state index in [1.165, 1.54) is 4.31 Å². The van der Waals surface area contributed by atoms with Crippen LogP contribution in [0.15, 0.2) is 39.8 Å². The minimum Gasteiger partial charge on any atom is -0.339 e. The van der Waals surface area contributed by atoms with Crippen LogP contribution in [0, 0.1) is 0 Å². The highest BCUT2D eigenvalue weighted by Crippen LogP contribution is 2.30. The molecule has 0 radical (unpaired) electrons. The van der Waals surface area contributed by atoms with E-state index in [0.717, 1.165) is 12.8 Å². The van der Waals surface area contributed by atoms with E-state index < -0.39 is 10.0 Å². The molecule has 0 N–H and O–H groups in total. The Balaban J connectivity index is 1.80. The maximum atomic E-state index is 12.7. The van der Waals surface area contributed by atoms with Gasteiger partial charge in [0.25, 0.3) is 0 Å². The predicted octanol–water partition coefficient (Wildman–Crippen LogP) is 2.76. The van der Waals surface area contributed by atoms with E-state index in [1.54, 1.807) is 24.3 Å². The van der Waals surface area contributed by atoms with Gasteiger partial charge in [0.2, 0.25) is 15.9 Å². The van der Waals surface area contributed by atoms with Gasteiger partial charge >= 0.3 is 0 Å². The molecule has 0 saturated carbocycles. The minimum absolute atomic E-state index is 0.0396. The first-order valence-electron chi connectivity index (χ1n) is 7.87. The van der Waals surface area contributed by atoms with E-state index in [2.05, 4.69) is 10.1 Å². The summed E-state index contributed by atoms with van der Waals surface area (Å²) in [7, 11) is -3.47. The normalized spacial score (nSPS) is 20.0. The molecule has 6 nitrogen and oxygen atoms in total. The second-order valence-corrected chi connectivity index (χ2v) is 8.10. The predicted molar refractivity (Wildman–Crippen MR) is 85.6 cm³/mol. The number of sulfonamides is 1. The molecule has 2 aromatic rings. The monoisotopic (exact) mass is 335 g/mol. The molecule has 1 fully saturated rings. The second kappa shape index (κ2) is 6.41. The fraction of sp³-hybridized carbons (Fsp3) is 0.500. The van der Waals surface area contributed by atoms with Crippen molar-refractivity contribution in [3.8, 4) is 0 Å². The first kappa shape index (κ1) is 16.1. The molecule has 0 aliphatic carbocycles. The number of aromatic nitrogens is 2. The van der Waals surface area contributed by atoms with Gasteiger partial charge in [0.05, 0.1) is 10.8 Å². The summed E-state index contributed by atoms with van der Waals surface area (Å²) >= 11 is 0. The molecule has 1 aliphatic rings. The van der Waals surface area contributed by atoms with Crippen LogP contribution in [0.25, 0.3) is 0 Å². The highest BCUT2D eigenvalue weighted by molar-refractivity contribution is 7.89. The minimum atomic E-state index is -3.47. The van der Waals surface area contributed by atoms with Gasteiger partial charge in [-0.15, -0.1) is 0 Å². The molecule has 1 atom stereocenters. The second-order valence-electron chi connectivity index (χ2n) is 6.16. The molecule has 1 aliphatic heterocycles. The third-order valence-corrected chi connectivity index (χ3v) is 5.97. The fourth-order valence-electron chi connectivity index (χ4n) is 2.75. The molecule has 1 aromatic heterocycles. The quantitative estimate of drug-likeness (QED) is 0.858. The molecule has 1 unspecified atom stereocenters. The van der Waals surface area contributed by atoms with E-state index in [0.29, 0.717) is 29.7 Å². The Hall–Kier alpha value is -1.73. The van der Waals surface area contributed by atoms with E-state index in [9.17, 15) is 8.42 Å². The topological polar surface area (TPSA) is 76.3 Å².